The van der Waals surface area contributed by atoms with Crippen LogP contribution in [-0.4, -0.2) is 31.7 Å². The lowest BCUT2D eigenvalue weighted by Gasteiger charge is -2.21. The lowest BCUT2D eigenvalue weighted by atomic mass is 10.2. The van der Waals surface area contributed by atoms with Gasteiger partial charge in [0.05, 0.1) is 24.6 Å². The quantitative estimate of drug-likeness (QED) is 0.697. The van der Waals surface area contributed by atoms with Gasteiger partial charge in [-0.15, -0.1) is 11.3 Å². The molecule has 0 saturated heterocycles. The van der Waals surface area contributed by atoms with Crippen molar-refractivity contribution in [2.45, 2.75) is 19.4 Å². The minimum absolute atomic E-state index is 0.0325. The number of hydrogen-bond donors (Lipinski definition) is 0. The van der Waals surface area contributed by atoms with E-state index in [1.165, 1.54) is 11.3 Å². The molecule has 3 aromatic rings. The molecule has 0 saturated carbocycles. The van der Waals surface area contributed by atoms with E-state index < -0.39 is 0 Å². The average molecular weight is 325 g/mol. The number of nitriles is 1. The smallest absolute Gasteiger partial charge is 0.228 e. The lowest BCUT2D eigenvalue weighted by Crippen LogP contribution is -2.32. The SMILES string of the molecule is N#CCCN(Cc1cccnc1)C(=O)Cc1cn2ccsc2n1. The number of hydrogen-bond acceptors (Lipinski definition) is 5. The number of carbonyl (C=O) groups is 1. The van der Waals surface area contributed by atoms with E-state index in [9.17, 15) is 4.79 Å². The molecule has 116 valence electrons. The van der Waals surface area contributed by atoms with Gasteiger partial charge in [-0.3, -0.25) is 14.2 Å². The summed E-state index contributed by atoms with van der Waals surface area (Å²) >= 11 is 1.54. The average Bonchev–Trinajstić information content (AvgIpc) is 3.13. The second-order valence-electron chi connectivity index (χ2n) is 5.09. The third kappa shape index (κ3) is 3.73. The molecule has 3 aromatic heterocycles. The highest BCUT2D eigenvalue weighted by Gasteiger charge is 2.16. The van der Waals surface area contributed by atoms with Crippen LogP contribution in [0.4, 0.5) is 0 Å². The number of carbonyl (C=O) groups excluding carboxylic acids is 1. The number of aromatic nitrogens is 3. The van der Waals surface area contributed by atoms with Gasteiger partial charge in [-0.05, 0) is 11.6 Å². The fourth-order valence-corrected chi connectivity index (χ4v) is 3.04. The number of nitrogens with zero attached hydrogens (tertiary/aromatic N) is 5. The van der Waals surface area contributed by atoms with Crippen LogP contribution in [0.25, 0.3) is 4.96 Å². The van der Waals surface area contributed by atoms with E-state index in [2.05, 4.69) is 16.0 Å². The Balaban J connectivity index is 1.71. The highest BCUT2D eigenvalue weighted by Crippen LogP contribution is 2.13. The summed E-state index contributed by atoms with van der Waals surface area (Å²) in [5.41, 5.74) is 1.69. The molecule has 0 aromatic carbocycles. The summed E-state index contributed by atoms with van der Waals surface area (Å²) in [6.45, 7) is 0.864. The molecule has 0 aliphatic carbocycles. The predicted molar refractivity (Wildman–Crippen MR) is 86.7 cm³/mol. The van der Waals surface area contributed by atoms with Crippen molar-refractivity contribution in [2.75, 3.05) is 6.54 Å². The number of amides is 1. The second-order valence-corrected chi connectivity index (χ2v) is 5.96. The third-order valence-corrected chi connectivity index (χ3v) is 4.19. The molecule has 0 aliphatic rings. The molecule has 1 amide bonds. The summed E-state index contributed by atoms with van der Waals surface area (Å²) in [6.07, 6.45) is 7.77. The summed E-state index contributed by atoms with van der Waals surface area (Å²) in [6, 6.07) is 5.85. The molecule has 23 heavy (non-hydrogen) atoms. The first-order valence-electron chi connectivity index (χ1n) is 7.21. The minimum Gasteiger partial charge on any atom is -0.337 e. The van der Waals surface area contributed by atoms with E-state index in [-0.39, 0.29) is 12.3 Å². The molecular weight excluding hydrogens is 310 g/mol. The summed E-state index contributed by atoms with van der Waals surface area (Å²) < 4.78 is 1.91. The van der Waals surface area contributed by atoms with Crippen molar-refractivity contribution in [1.82, 2.24) is 19.3 Å². The molecule has 3 heterocycles. The lowest BCUT2D eigenvalue weighted by molar-refractivity contribution is -0.131. The zero-order valence-corrected chi connectivity index (χ0v) is 13.2. The van der Waals surface area contributed by atoms with Crippen molar-refractivity contribution in [2.24, 2.45) is 0 Å². The maximum Gasteiger partial charge on any atom is 0.228 e. The molecule has 0 aliphatic heterocycles. The molecule has 0 bridgehead atoms. The van der Waals surface area contributed by atoms with Crippen LogP contribution in [0, 0.1) is 11.3 Å². The van der Waals surface area contributed by atoms with Gasteiger partial charge in [-0.25, -0.2) is 4.98 Å². The zero-order chi connectivity index (χ0) is 16.1. The van der Waals surface area contributed by atoms with Crippen LogP contribution in [-0.2, 0) is 17.8 Å². The molecule has 6 nitrogen and oxygen atoms in total. The first-order chi connectivity index (χ1) is 11.3. The van der Waals surface area contributed by atoms with Crippen molar-refractivity contribution in [1.29, 1.82) is 5.26 Å². The minimum atomic E-state index is -0.0325. The summed E-state index contributed by atoms with van der Waals surface area (Å²) in [4.78, 5) is 23.6. The first kappa shape index (κ1) is 15.2. The van der Waals surface area contributed by atoms with Crippen LogP contribution in [0.3, 0.4) is 0 Å². The molecule has 0 radical (unpaired) electrons. The van der Waals surface area contributed by atoms with Crippen LogP contribution in [0.5, 0.6) is 0 Å². The van der Waals surface area contributed by atoms with Gasteiger partial charge in [0.2, 0.25) is 5.91 Å². The number of thiazole rings is 1. The fraction of sp³-hybridized carbons (Fsp3) is 0.250. The van der Waals surface area contributed by atoms with Crippen molar-refractivity contribution in [3.63, 3.8) is 0 Å². The predicted octanol–water partition coefficient (Wildman–Crippen LogP) is 2.28. The third-order valence-electron chi connectivity index (χ3n) is 3.42. The molecule has 0 spiro atoms. The zero-order valence-electron chi connectivity index (χ0n) is 12.4. The Morgan fingerprint density at radius 3 is 3.13 bits per heavy atom. The van der Waals surface area contributed by atoms with Gasteiger partial charge >= 0.3 is 0 Å². The highest BCUT2D eigenvalue weighted by molar-refractivity contribution is 7.15. The van der Waals surface area contributed by atoms with Gasteiger partial charge < -0.3 is 4.90 Å². The molecule has 3 rings (SSSR count). The summed E-state index contributed by atoms with van der Waals surface area (Å²) in [7, 11) is 0. The number of rotatable bonds is 6. The van der Waals surface area contributed by atoms with E-state index in [1.54, 1.807) is 17.3 Å². The van der Waals surface area contributed by atoms with E-state index in [0.717, 1.165) is 16.2 Å². The monoisotopic (exact) mass is 325 g/mol. The van der Waals surface area contributed by atoms with Gasteiger partial charge in [0.1, 0.15) is 0 Å². The maximum absolute atomic E-state index is 12.6. The highest BCUT2D eigenvalue weighted by atomic mass is 32.1. The van der Waals surface area contributed by atoms with Crippen LogP contribution in [0.1, 0.15) is 17.7 Å². The van der Waals surface area contributed by atoms with Crippen LogP contribution >= 0.6 is 11.3 Å². The largest absolute Gasteiger partial charge is 0.337 e. The molecule has 7 heteroatoms. The van der Waals surface area contributed by atoms with Gasteiger partial charge in [0.15, 0.2) is 4.96 Å². The van der Waals surface area contributed by atoms with Crippen molar-refractivity contribution < 1.29 is 4.79 Å². The fourth-order valence-electron chi connectivity index (χ4n) is 2.32. The van der Waals surface area contributed by atoms with Crippen LogP contribution in [0.15, 0.2) is 42.3 Å². The Morgan fingerprint density at radius 2 is 2.39 bits per heavy atom. The molecule has 0 unspecified atom stereocenters. The number of fused-ring (bicyclic) bond motifs is 1. The topological polar surface area (TPSA) is 74.3 Å². The Labute approximate surface area is 137 Å². The van der Waals surface area contributed by atoms with Crippen molar-refractivity contribution in [3.05, 3.63) is 53.6 Å². The number of pyridine rings is 1. The molecule has 0 atom stereocenters. The molecule has 0 fully saturated rings. The molecular formula is C16H15N5OS. The Bertz CT molecular complexity index is 804. The first-order valence-corrected chi connectivity index (χ1v) is 8.09. The van der Waals surface area contributed by atoms with E-state index in [0.29, 0.717) is 19.5 Å². The Hall–Kier alpha value is -2.72. The van der Waals surface area contributed by atoms with Gasteiger partial charge in [-0.1, -0.05) is 6.07 Å². The Morgan fingerprint density at radius 1 is 1.48 bits per heavy atom. The second kappa shape index (κ2) is 7.03. The summed E-state index contributed by atoms with van der Waals surface area (Å²) in [5.74, 6) is -0.0325. The van der Waals surface area contributed by atoms with Crippen LogP contribution < -0.4 is 0 Å². The standard InChI is InChI=1S/C16H15N5OS/c17-4-2-6-20(11-13-3-1-5-18-10-13)15(22)9-14-12-21-7-8-23-16(21)19-14/h1,3,5,7-8,10,12H,2,6,9,11H2. The van der Waals surface area contributed by atoms with E-state index in [1.807, 2.05) is 34.3 Å². The van der Waals surface area contributed by atoms with Crippen molar-refractivity contribution in [3.8, 4) is 6.07 Å². The Kier molecular flexibility index (Phi) is 4.64. The van der Waals surface area contributed by atoms with Gasteiger partial charge in [-0.2, -0.15) is 5.26 Å². The van der Waals surface area contributed by atoms with E-state index >= 15 is 0 Å². The van der Waals surface area contributed by atoms with Crippen molar-refractivity contribution >= 4 is 22.2 Å². The van der Waals surface area contributed by atoms with Gasteiger partial charge in [0.25, 0.3) is 0 Å². The maximum atomic E-state index is 12.6. The number of imidazole rings is 1. The van der Waals surface area contributed by atoms with Gasteiger partial charge in [0, 0.05) is 43.3 Å². The van der Waals surface area contributed by atoms with Crippen LogP contribution in [0.2, 0.25) is 0 Å². The summed E-state index contributed by atoms with van der Waals surface area (Å²) in [5, 5.41) is 10.8. The van der Waals surface area contributed by atoms with E-state index in [4.69, 9.17) is 5.26 Å². The normalized spacial score (nSPS) is 10.6. The molecule has 0 N–H and O–H groups in total.